The molecule has 0 aromatic heterocycles. The average Bonchev–Trinajstić information content (AvgIpc) is 2.49. The molecular formula is C11H9NO3. The van der Waals surface area contributed by atoms with E-state index in [-0.39, 0.29) is 11.4 Å². The van der Waals surface area contributed by atoms with Crippen LogP contribution in [0.25, 0.3) is 6.08 Å². The number of nitrogens with zero attached hydrogens (tertiary/aromatic N) is 1. The average molecular weight is 203 g/mol. The third-order valence-corrected chi connectivity index (χ3v) is 1.92. The summed E-state index contributed by atoms with van der Waals surface area (Å²) in [6.45, 7) is 1.62. The van der Waals surface area contributed by atoms with Gasteiger partial charge >= 0.3 is 5.97 Å². The number of phenolic OH excluding ortho intramolecular Hbond substituents is 1. The topological polar surface area (TPSA) is 58.9 Å². The monoisotopic (exact) mass is 203 g/mol. The normalized spacial score (nSPS) is 17.8. The molecule has 1 aromatic carbocycles. The van der Waals surface area contributed by atoms with E-state index in [0.29, 0.717) is 5.90 Å². The van der Waals surface area contributed by atoms with Crippen LogP contribution in [0.4, 0.5) is 0 Å². The first-order chi connectivity index (χ1) is 7.15. The molecule has 1 aliphatic rings. The van der Waals surface area contributed by atoms with Gasteiger partial charge in [0.15, 0.2) is 11.6 Å². The highest BCUT2D eigenvalue weighted by molar-refractivity contribution is 6.06. The summed E-state index contributed by atoms with van der Waals surface area (Å²) in [4.78, 5) is 15.1. The van der Waals surface area contributed by atoms with Crippen LogP contribution in [0, 0.1) is 0 Å². The van der Waals surface area contributed by atoms with Gasteiger partial charge in [0.25, 0.3) is 0 Å². The zero-order valence-electron chi connectivity index (χ0n) is 8.10. The lowest BCUT2D eigenvalue weighted by molar-refractivity contribution is -0.130. The van der Waals surface area contributed by atoms with E-state index in [9.17, 15) is 4.79 Å². The lowest BCUT2D eigenvalue weighted by Crippen LogP contribution is -1.99. The molecule has 0 saturated carbocycles. The fourth-order valence-corrected chi connectivity index (χ4v) is 1.24. The van der Waals surface area contributed by atoms with Crippen molar-refractivity contribution in [1.29, 1.82) is 0 Å². The quantitative estimate of drug-likeness (QED) is 0.558. The maximum atomic E-state index is 11.2. The molecule has 0 bridgehead atoms. The summed E-state index contributed by atoms with van der Waals surface area (Å²) in [5.41, 5.74) is 1.07. The number of esters is 1. The van der Waals surface area contributed by atoms with Crippen LogP contribution < -0.4 is 0 Å². The Bertz CT molecular complexity index is 457. The van der Waals surface area contributed by atoms with Gasteiger partial charge in [-0.1, -0.05) is 12.1 Å². The van der Waals surface area contributed by atoms with Crippen LogP contribution in [0.15, 0.2) is 35.0 Å². The van der Waals surface area contributed by atoms with Crippen molar-refractivity contribution in [2.45, 2.75) is 6.92 Å². The molecule has 0 unspecified atom stereocenters. The van der Waals surface area contributed by atoms with Gasteiger partial charge in [0.05, 0.1) is 0 Å². The molecule has 1 N–H and O–H groups in total. The number of hydrogen-bond acceptors (Lipinski definition) is 4. The van der Waals surface area contributed by atoms with Crippen molar-refractivity contribution in [3.8, 4) is 5.75 Å². The van der Waals surface area contributed by atoms with Gasteiger partial charge in [0.1, 0.15) is 5.75 Å². The van der Waals surface area contributed by atoms with Gasteiger partial charge in [-0.15, -0.1) is 0 Å². The lowest BCUT2D eigenvalue weighted by Gasteiger charge is -1.94. The largest absolute Gasteiger partial charge is 0.508 e. The Morgan fingerprint density at radius 3 is 2.53 bits per heavy atom. The maximum absolute atomic E-state index is 11.2. The maximum Gasteiger partial charge on any atom is 0.363 e. The smallest absolute Gasteiger partial charge is 0.363 e. The third-order valence-electron chi connectivity index (χ3n) is 1.92. The molecule has 0 radical (unpaired) electrons. The second-order valence-electron chi connectivity index (χ2n) is 3.14. The first-order valence-electron chi connectivity index (χ1n) is 4.43. The van der Waals surface area contributed by atoms with E-state index >= 15 is 0 Å². The second kappa shape index (κ2) is 3.57. The summed E-state index contributed by atoms with van der Waals surface area (Å²) in [6, 6.07) is 6.48. The zero-order chi connectivity index (χ0) is 10.8. The Morgan fingerprint density at radius 2 is 2.00 bits per heavy atom. The van der Waals surface area contributed by atoms with Crippen LogP contribution >= 0.6 is 0 Å². The minimum absolute atomic E-state index is 0.186. The number of hydrogen-bond donors (Lipinski definition) is 1. The molecule has 2 rings (SSSR count). The van der Waals surface area contributed by atoms with Crippen LogP contribution in [0.1, 0.15) is 12.5 Å². The molecule has 4 heteroatoms. The summed E-state index contributed by atoms with van der Waals surface area (Å²) < 4.78 is 4.76. The van der Waals surface area contributed by atoms with E-state index in [2.05, 4.69) is 4.99 Å². The summed E-state index contributed by atoms with van der Waals surface area (Å²) in [7, 11) is 0. The summed E-state index contributed by atoms with van der Waals surface area (Å²) >= 11 is 0. The van der Waals surface area contributed by atoms with Crippen molar-refractivity contribution < 1.29 is 14.6 Å². The molecule has 4 nitrogen and oxygen atoms in total. The molecule has 1 heterocycles. The summed E-state index contributed by atoms with van der Waals surface area (Å²) in [5, 5.41) is 9.07. The Morgan fingerprint density at radius 1 is 1.33 bits per heavy atom. The van der Waals surface area contributed by atoms with Gasteiger partial charge in [-0.3, -0.25) is 0 Å². The molecule has 0 atom stereocenters. The second-order valence-corrected chi connectivity index (χ2v) is 3.14. The minimum Gasteiger partial charge on any atom is -0.508 e. The zero-order valence-corrected chi connectivity index (χ0v) is 8.10. The molecule has 1 aliphatic heterocycles. The van der Waals surface area contributed by atoms with Crippen molar-refractivity contribution in [3.63, 3.8) is 0 Å². The van der Waals surface area contributed by atoms with E-state index in [1.54, 1.807) is 37.3 Å². The number of benzene rings is 1. The Hall–Kier alpha value is -2.10. The van der Waals surface area contributed by atoms with E-state index < -0.39 is 5.97 Å². The first-order valence-corrected chi connectivity index (χ1v) is 4.43. The molecular weight excluding hydrogens is 194 g/mol. The van der Waals surface area contributed by atoms with Crippen LogP contribution in [0.2, 0.25) is 0 Å². The number of aliphatic imine (C=N–C) groups is 1. The van der Waals surface area contributed by atoms with Crippen molar-refractivity contribution in [3.05, 3.63) is 35.5 Å². The van der Waals surface area contributed by atoms with Crippen molar-refractivity contribution >= 4 is 17.9 Å². The highest BCUT2D eigenvalue weighted by atomic mass is 16.6. The number of phenols is 1. The lowest BCUT2D eigenvalue weighted by atomic mass is 10.2. The SMILES string of the molecule is CC1=NC(=Cc2ccc(O)cc2)C(=O)O1. The number of carbonyl (C=O) groups excluding carboxylic acids is 1. The van der Waals surface area contributed by atoms with Gasteiger partial charge in [-0.2, -0.15) is 0 Å². The number of rotatable bonds is 1. The standard InChI is InChI=1S/C11H9NO3/c1-7-12-10(11(14)15-7)6-8-2-4-9(13)5-3-8/h2-6,13H,1H3. The van der Waals surface area contributed by atoms with Gasteiger partial charge < -0.3 is 9.84 Å². The van der Waals surface area contributed by atoms with E-state index in [0.717, 1.165) is 5.56 Å². The molecule has 0 aliphatic carbocycles. The van der Waals surface area contributed by atoms with Gasteiger partial charge in [0, 0.05) is 6.92 Å². The Kier molecular flexibility index (Phi) is 2.25. The predicted octanol–water partition coefficient (Wildman–Crippen LogP) is 1.71. The van der Waals surface area contributed by atoms with Crippen molar-refractivity contribution in [1.82, 2.24) is 0 Å². The predicted molar refractivity (Wildman–Crippen MR) is 55.3 cm³/mol. The van der Waals surface area contributed by atoms with E-state index in [4.69, 9.17) is 9.84 Å². The van der Waals surface area contributed by atoms with Crippen LogP contribution in [0.5, 0.6) is 5.75 Å². The summed E-state index contributed by atoms with van der Waals surface area (Å²) in [5.74, 6) is 0.0939. The van der Waals surface area contributed by atoms with Crippen LogP contribution in [-0.2, 0) is 9.53 Å². The van der Waals surface area contributed by atoms with Crippen molar-refractivity contribution in [2.75, 3.05) is 0 Å². The highest BCUT2D eigenvalue weighted by Gasteiger charge is 2.19. The summed E-state index contributed by atoms with van der Waals surface area (Å²) in [6.07, 6.45) is 1.61. The molecule has 0 spiro atoms. The molecule has 1 aromatic rings. The highest BCUT2D eigenvalue weighted by Crippen LogP contribution is 2.17. The molecule has 0 saturated heterocycles. The minimum atomic E-state index is -0.444. The number of carbonyl (C=O) groups is 1. The number of cyclic esters (lactones) is 1. The van der Waals surface area contributed by atoms with Gasteiger partial charge in [0.2, 0.25) is 0 Å². The molecule has 76 valence electrons. The molecule has 0 fully saturated rings. The molecule has 15 heavy (non-hydrogen) atoms. The van der Waals surface area contributed by atoms with Crippen LogP contribution in [-0.4, -0.2) is 17.0 Å². The van der Waals surface area contributed by atoms with E-state index in [1.807, 2.05) is 0 Å². The molecule has 0 amide bonds. The fraction of sp³-hybridized carbons (Fsp3) is 0.0909. The Balaban J connectivity index is 2.31. The third kappa shape index (κ3) is 2.04. The number of ether oxygens (including phenoxy) is 1. The van der Waals surface area contributed by atoms with Crippen molar-refractivity contribution in [2.24, 2.45) is 4.99 Å². The first kappa shape index (κ1) is 9.45. The Labute approximate surface area is 86.5 Å². The van der Waals surface area contributed by atoms with Gasteiger partial charge in [-0.05, 0) is 23.8 Å². The van der Waals surface area contributed by atoms with Crippen LogP contribution in [0.3, 0.4) is 0 Å². The van der Waals surface area contributed by atoms with Gasteiger partial charge in [-0.25, -0.2) is 9.79 Å². The van der Waals surface area contributed by atoms with E-state index in [1.165, 1.54) is 0 Å². The fourth-order valence-electron chi connectivity index (χ4n) is 1.24. The number of aromatic hydroxyl groups is 1.